The van der Waals surface area contributed by atoms with Crippen molar-refractivity contribution in [3.05, 3.63) is 130 Å². The van der Waals surface area contributed by atoms with E-state index in [1.165, 1.54) is 16.7 Å². The van der Waals surface area contributed by atoms with E-state index in [0.717, 1.165) is 18.7 Å². The summed E-state index contributed by atoms with van der Waals surface area (Å²) in [5.74, 6) is -0.346. The first-order valence-corrected chi connectivity index (χ1v) is 13.5. The Kier molecular flexibility index (Phi) is 8.45. The summed E-state index contributed by atoms with van der Waals surface area (Å²) < 4.78 is 12.1. The Labute approximate surface area is 233 Å². The maximum Gasteiger partial charge on any atom is 0.338 e. The minimum absolute atomic E-state index is 0.216. The van der Waals surface area contributed by atoms with Crippen molar-refractivity contribution in [2.75, 3.05) is 26.3 Å². The maximum atomic E-state index is 12.5. The van der Waals surface area contributed by atoms with Crippen LogP contribution in [-0.2, 0) is 21.6 Å². The van der Waals surface area contributed by atoms with Crippen molar-refractivity contribution in [3.63, 3.8) is 0 Å². The van der Waals surface area contributed by atoms with E-state index in [0.29, 0.717) is 35.2 Å². The summed E-state index contributed by atoms with van der Waals surface area (Å²) in [5.41, 5.74) is 4.39. The zero-order valence-electron chi connectivity index (χ0n) is 21.0. The minimum atomic E-state index is -0.687. The second-order valence-corrected chi connectivity index (χ2v) is 10.3. The lowest BCUT2D eigenvalue weighted by atomic mass is 9.88. The molecular weight excluding hydrogens is 517 g/mol. The molecule has 1 aliphatic rings. The number of hydrogen-bond donors (Lipinski definition) is 0. The number of carbonyl (C=O) groups is 1. The average molecular weight is 546 g/mol. The Hall–Kier alpha value is -3.15. The number of ether oxygens (including phenoxy) is 2. The van der Waals surface area contributed by atoms with Crippen molar-refractivity contribution in [2.45, 2.75) is 18.6 Å². The molecule has 1 fully saturated rings. The summed E-state index contributed by atoms with van der Waals surface area (Å²) in [6.45, 7) is 2.98. The fourth-order valence-corrected chi connectivity index (χ4v) is 5.20. The molecule has 1 saturated heterocycles. The molecule has 0 bridgehead atoms. The molecule has 1 heterocycles. The fraction of sp³-hybridized carbons (Fsp3) is 0.219. The van der Waals surface area contributed by atoms with Crippen LogP contribution in [0.1, 0.15) is 27.9 Å². The van der Waals surface area contributed by atoms with Crippen LogP contribution in [0.15, 0.2) is 103 Å². The van der Waals surface area contributed by atoms with E-state index in [1.807, 2.05) is 36.4 Å². The molecule has 0 spiro atoms. The van der Waals surface area contributed by atoms with Gasteiger partial charge in [0.05, 0.1) is 28.8 Å². The standard InChI is InChI=1S/C32H29Cl2NO3/c33-29-16-15-28(21-30(29)34)32(17-19-37-31(36)27-9-5-2-6-10-27)23-35(18-20-38-32)22-24-11-13-26(14-12-24)25-7-3-1-4-8-25/h1-16,21H,17-20,22-23H2. The Balaban J connectivity index is 1.32. The Bertz CT molecular complexity index is 1360. The van der Waals surface area contributed by atoms with E-state index < -0.39 is 5.60 Å². The summed E-state index contributed by atoms with van der Waals surface area (Å²) >= 11 is 12.6. The number of benzene rings is 4. The lowest BCUT2D eigenvalue weighted by Gasteiger charge is -2.43. The molecule has 0 aromatic heterocycles. The van der Waals surface area contributed by atoms with Crippen LogP contribution in [0.3, 0.4) is 0 Å². The highest BCUT2D eigenvalue weighted by Crippen LogP contribution is 2.37. The van der Waals surface area contributed by atoms with Gasteiger partial charge in [0.1, 0.15) is 5.60 Å². The molecule has 0 radical (unpaired) electrons. The highest BCUT2D eigenvalue weighted by molar-refractivity contribution is 6.42. The SMILES string of the molecule is O=C(OCCC1(c2ccc(Cl)c(Cl)c2)CN(Cc2ccc(-c3ccccc3)cc2)CCO1)c1ccccc1. The zero-order valence-corrected chi connectivity index (χ0v) is 22.5. The fourth-order valence-electron chi connectivity index (χ4n) is 4.90. The monoisotopic (exact) mass is 545 g/mol. The predicted octanol–water partition coefficient (Wildman–Crippen LogP) is 7.64. The van der Waals surface area contributed by atoms with Crippen LogP contribution < -0.4 is 0 Å². The number of carbonyl (C=O) groups excluding carboxylic acids is 1. The van der Waals surface area contributed by atoms with Gasteiger partial charge in [-0.15, -0.1) is 0 Å². The van der Waals surface area contributed by atoms with E-state index >= 15 is 0 Å². The van der Waals surface area contributed by atoms with Crippen LogP contribution in [0.4, 0.5) is 0 Å². The predicted molar refractivity (Wildman–Crippen MR) is 153 cm³/mol. The number of morpholine rings is 1. The molecule has 5 rings (SSSR count). The van der Waals surface area contributed by atoms with Gasteiger partial charge >= 0.3 is 5.97 Å². The molecule has 1 aliphatic heterocycles. The number of nitrogens with zero attached hydrogens (tertiary/aromatic N) is 1. The number of hydrogen-bond acceptors (Lipinski definition) is 4. The summed E-state index contributed by atoms with van der Waals surface area (Å²) in [7, 11) is 0. The van der Waals surface area contributed by atoms with Gasteiger partial charge in [-0.2, -0.15) is 0 Å². The number of halogens is 2. The van der Waals surface area contributed by atoms with Crippen molar-refractivity contribution in [3.8, 4) is 11.1 Å². The first-order chi connectivity index (χ1) is 18.5. The summed E-state index contributed by atoms with van der Waals surface area (Å²) in [6.07, 6.45) is 0.493. The average Bonchev–Trinajstić information content (AvgIpc) is 2.96. The summed E-state index contributed by atoms with van der Waals surface area (Å²) in [4.78, 5) is 14.9. The summed E-state index contributed by atoms with van der Waals surface area (Å²) in [6, 6.07) is 33.7. The topological polar surface area (TPSA) is 38.8 Å². The van der Waals surface area contributed by atoms with Crippen molar-refractivity contribution in [1.29, 1.82) is 0 Å². The first kappa shape index (κ1) is 26.5. The normalized spacial score (nSPS) is 17.7. The lowest BCUT2D eigenvalue weighted by Crippen LogP contribution is -2.50. The highest BCUT2D eigenvalue weighted by Gasteiger charge is 2.39. The molecule has 4 aromatic rings. The Morgan fingerprint density at radius 2 is 1.53 bits per heavy atom. The third-order valence-corrected chi connectivity index (χ3v) is 7.67. The Morgan fingerprint density at radius 3 is 2.24 bits per heavy atom. The first-order valence-electron chi connectivity index (χ1n) is 12.7. The second-order valence-electron chi connectivity index (χ2n) is 9.50. The van der Waals surface area contributed by atoms with Gasteiger partial charge < -0.3 is 9.47 Å². The van der Waals surface area contributed by atoms with E-state index in [4.69, 9.17) is 32.7 Å². The molecular formula is C32H29Cl2NO3. The molecule has 6 heteroatoms. The molecule has 4 aromatic carbocycles. The van der Waals surface area contributed by atoms with Gasteiger partial charge in [0, 0.05) is 26.1 Å². The van der Waals surface area contributed by atoms with E-state index in [2.05, 4.69) is 53.4 Å². The second kappa shape index (κ2) is 12.1. The third kappa shape index (κ3) is 6.28. The Morgan fingerprint density at radius 1 is 0.842 bits per heavy atom. The van der Waals surface area contributed by atoms with E-state index in [-0.39, 0.29) is 12.6 Å². The van der Waals surface area contributed by atoms with Gasteiger partial charge in [0.15, 0.2) is 0 Å². The molecule has 38 heavy (non-hydrogen) atoms. The molecule has 0 amide bonds. The molecule has 0 saturated carbocycles. The minimum Gasteiger partial charge on any atom is -0.462 e. The van der Waals surface area contributed by atoms with Gasteiger partial charge in [-0.3, -0.25) is 4.90 Å². The number of rotatable bonds is 8. The third-order valence-electron chi connectivity index (χ3n) is 6.93. The van der Waals surface area contributed by atoms with Crippen LogP contribution >= 0.6 is 23.2 Å². The molecule has 1 atom stereocenters. The van der Waals surface area contributed by atoms with Crippen molar-refractivity contribution in [2.24, 2.45) is 0 Å². The van der Waals surface area contributed by atoms with E-state index in [9.17, 15) is 4.79 Å². The smallest absolute Gasteiger partial charge is 0.338 e. The van der Waals surface area contributed by atoms with Crippen molar-refractivity contribution >= 4 is 29.2 Å². The van der Waals surface area contributed by atoms with Crippen molar-refractivity contribution in [1.82, 2.24) is 4.90 Å². The van der Waals surface area contributed by atoms with Crippen LogP contribution in [0.5, 0.6) is 0 Å². The molecule has 0 N–H and O–H groups in total. The van der Waals surface area contributed by atoms with Crippen LogP contribution in [0.2, 0.25) is 10.0 Å². The van der Waals surface area contributed by atoms with Gasteiger partial charge in [-0.05, 0) is 46.5 Å². The lowest BCUT2D eigenvalue weighted by molar-refractivity contribution is -0.127. The van der Waals surface area contributed by atoms with Gasteiger partial charge in [-0.1, -0.05) is 102 Å². The van der Waals surface area contributed by atoms with Gasteiger partial charge in [0.25, 0.3) is 0 Å². The van der Waals surface area contributed by atoms with Crippen molar-refractivity contribution < 1.29 is 14.3 Å². The molecule has 194 valence electrons. The van der Waals surface area contributed by atoms with Gasteiger partial charge in [0.2, 0.25) is 0 Å². The van der Waals surface area contributed by atoms with Gasteiger partial charge in [-0.25, -0.2) is 4.79 Å². The molecule has 4 nitrogen and oxygen atoms in total. The number of esters is 1. The summed E-state index contributed by atoms with van der Waals surface area (Å²) in [5, 5.41) is 0.967. The highest BCUT2D eigenvalue weighted by atomic mass is 35.5. The van der Waals surface area contributed by atoms with Crippen LogP contribution in [-0.4, -0.2) is 37.2 Å². The zero-order chi connectivity index (χ0) is 26.4. The van der Waals surface area contributed by atoms with Crippen LogP contribution in [0, 0.1) is 0 Å². The maximum absolute atomic E-state index is 12.5. The largest absolute Gasteiger partial charge is 0.462 e. The molecule has 1 unspecified atom stereocenters. The van der Waals surface area contributed by atoms with E-state index in [1.54, 1.807) is 18.2 Å². The molecule has 0 aliphatic carbocycles. The quantitative estimate of drug-likeness (QED) is 0.213. The van der Waals surface area contributed by atoms with Crippen LogP contribution in [0.25, 0.3) is 11.1 Å².